The summed E-state index contributed by atoms with van der Waals surface area (Å²) < 4.78 is 6.12. The smallest absolute Gasteiger partial charge is 0.153 e. The molecule has 0 atom stereocenters. The molecule has 118 valence electrons. The lowest BCUT2D eigenvalue weighted by atomic mass is 10.1. The van der Waals surface area contributed by atoms with Gasteiger partial charge in [-0.15, -0.1) is 0 Å². The molecule has 0 unspecified atom stereocenters. The van der Waals surface area contributed by atoms with E-state index in [0.29, 0.717) is 5.02 Å². The quantitative estimate of drug-likeness (QED) is 0.801. The number of aryl methyl sites for hydroxylation is 1. The molecular formula is C18H18ClN3O. The summed E-state index contributed by atoms with van der Waals surface area (Å²) in [7, 11) is 0. The van der Waals surface area contributed by atoms with Crippen LogP contribution in [0.25, 0.3) is 0 Å². The van der Waals surface area contributed by atoms with Crippen LogP contribution >= 0.6 is 11.6 Å². The van der Waals surface area contributed by atoms with E-state index in [4.69, 9.17) is 21.3 Å². The van der Waals surface area contributed by atoms with E-state index < -0.39 is 0 Å². The van der Waals surface area contributed by atoms with Crippen molar-refractivity contribution in [3.63, 3.8) is 0 Å². The Labute approximate surface area is 140 Å². The summed E-state index contributed by atoms with van der Waals surface area (Å²) in [6.07, 6.45) is 0. The Bertz CT molecular complexity index is 782. The largest absolute Gasteiger partial charge is 0.454 e. The third kappa shape index (κ3) is 2.80. The molecule has 0 aliphatic carbocycles. The van der Waals surface area contributed by atoms with Gasteiger partial charge in [-0.1, -0.05) is 17.7 Å². The standard InChI is InChI=1S/C18H18ClN3O/c1-12-2-4-17-15(10-12)21-18(22-8-6-20-7-9-22)14-11-13(19)3-5-16(14)23-17/h2-5,10-11,20H,6-9H2,1H3. The summed E-state index contributed by atoms with van der Waals surface area (Å²) in [5.41, 5.74) is 2.99. The molecule has 2 aliphatic heterocycles. The number of ether oxygens (including phenoxy) is 1. The molecule has 4 rings (SSSR count). The lowest BCUT2D eigenvalue weighted by molar-refractivity contribution is 0.357. The zero-order valence-corrected chi connectivity index (χ0v) is 13.7. The number of benzene rings is 2. The normalized spacial score (nSPS) is 16.8. The van der Waals surface area contributed by atoms with Crippen molar-refractivity contribution in [3.8, 4) is 11.5 Å². The van der Waals surface area contributed by atoms with Gasteiger partial charge in [0.15, 0.2) is 5.75 Å². The molecule has 23 heavy (non-hydrogen) atoms. The molecule has 1 fully saturated rings. The number of piperazine rings is 1. The summed E-state index contributed by atoms with van der Waals surface area (Å²) >= 11 is 6.23. The van der Waals surface area contributed by atoms with Crippen LogP contribution in [0.15, 0.2) is 41.4 Å². The Balaban J connectivity index is 1.89. The highest BCUT2D eigenvalue weighted by molar-refractivity contribution is 6.31. The van der Waals surface area contributed by atoms with Crippen LogP contribution in [0, 0.1) is 6.92 Å². The van der Waals surface area contributed by atoms with Crippen LogP contribution in [-0.2, 0) is 0 Å². The maximum atomic E-state index is 6.23. The van der Waals surface area contributed by atoms with Gasteiger partial charge < -0.3 is 15.0 Å². The summed E-state index contributed by atoms with van der Waals surface area (Å²) in [6, 6.07) is 11.8. The Hall–Kier alpha value is -2.04. The average Bonchev–Trinajstić information content (AvgIpc) is 2.72. The van der Waals surface area contributed by atoms with Crippen molar-refractivity contribution >= 4 is 23.1 Å². The van der Waals surface area contributed by atoms with Gasteiger partial charge in [0, 0.05) is 31.2 Å². The molecule has 1 saturated heterocycles. The summed E-state index contributed by atoms with van der Waals surface area (Å²) in [5.74, 6) is 2.52. The Morgan fingerprint density at radius 3 is 2.70 bits per heavy atom. The van der Waals surface area contributed by atoms with Gasteiger partial charge in [0.1, 0.15) is 17.3 Å². The van der Waals surface area contributed by atoms with Crippen molar-refractivity contribution in [2.75, 3.05) is 26.2 Å². The van der Waals surface area contributed by atoms with Crippen molar-refractivity contribution < 1.29 is 4.74 Å². The van der Waals surface area contributed by atoms with E-state index in [-0.39, 0.29) is 0 Å². The first-order chi connectivity index (χ1) is 11.2. The van der Waals surface area contributed by atoms with E-state index >= 15 is 0 Å². The van der Waals surface area contributed by atoms with Crippen LogP contribution in [0.3, 0.4) is 0 Å². The second-order valence-electron chi connectivity index (χ2n) is 5.89. The fourth-order valence-corrected chi connectivity index (χ4v) is 3.15. The first-order valence-corrected chi connectivity index (χ1v) is 8.21. The van der Waals surface area contributed by atoms with E-state index in [9.17, 15) is 0 Å². The first-order valence-electron chi connectivity index (χ1n) is 7.83. The van der Waals surface area contributed by atoms with E-state index in [1.165, 1.54) is 5.56 Å². The van der Waals surface area contributed by atoms with Gasteiger partial charge in [-0.3, -0.25) is 0 Å². The van der Waals surface area contributed by atoms with E-state index in [2.05, 4.69) is 23.2 Å². The second kappa shape index (κ2) is 5.87. The summed E-state index contributed by atoms with van der Waals surface area (Å²) in [4.78, 5) is 7.24. The number of hydrogen-bond acceptors (Lipinski definition) is 4. The number of hydrogen-bond donors (Lipinski definition) is 1. The highest BCUT2D eigenvalue weighted by Gasteiger charge is 2.24. The van der Waals surface area contributed by atoms with Gasteiger partial charge in [-0.05, 0) is 42.8 Å². The summed E-state index contributed by atoms with van der Waals surface area (Å²) in [5, 5.41) is 4.07. The minimum atomic E-state index is 0.692. The topological polar surface area (TPSA) is 36.9 Å². The zero-order valence-electron chi connectivity index (χ0n) is 13.0. The molecule has 2 aromatic carbocycles. The van der Waals surface area contributed by atoms with E-state index in [1.54, 1.807) is 0 Å². The van der Waals surface area contributed by atoms with Crippen LogP contribution in [-0.4, -0.2) is 36.9 Å². The van der Waals surface area contributed by atoms with Crippen LogP contribution in [0.5, 0.6) is 11.5 Å². The summed E-state index contributed by atoms with van der Waals surface area (Å²) in [6.45, 7) is 5.82. The van der Waals surface area contributed by atoms with E-state index in [0.717, 1.165) is 54.8 Å². The molecule has 5 heteroatoms. The maximum Gasteiger partial charge on any atom is 0.153 e. The molecule has 0 radical (unpaired) electrons. The number of nitrogens with zero attached hydrogens (tertiary/aromatic N) is 2. The van der Waals surface area contributed by atoms with Crippen molar-refractivity contribution in [1.82, 2.24) is 10.2 Å². The highest BCUT2D eigenvalue weighted by atomic mass is 35.5. The molecule has 0 bridgehead atoms. The Morgan fingerprint density at radius 1 is 1.09 bits per heavy atom. The fraction of sp³-hybridized carbons (Fsp3) is 0.278. The monoisotopic (exact) mass is 327 g/mol. The van der Waals surface area contributed by atoms with Gasteiger partial charge in [-0.2, -0.15) is 0 Å². The van der Waals surface area contributed by atoms with Crippen LogP contribution in [0.2, 0.25) is 5.02 Å². The van der Waals surface area contributed by atoms with Crippen LogP contribution in [0.1, 0.15) is 11.1 Å². The minimum absolute atomic E-state index is 0.692. The highest BCUT2D eigenvalue weighted by Crippen LogP contribution is 2.39. The van der Waals surface area contributed by atoms with Gasteiger partial charge in [0.25, 0.3) is 0 Å². The molecule has 0 aromatic heterocycles. The number of fused-ring (bicyclic) bond motifs is 2. The zero-order chi connectivity index (χ0) is 15.8. The average molecular weight is 328 g/mol. The molecule has 0 spiro atoms. The van der Waals surface area contributed by atoms with E-state index in [1.807, 2.05) is 30.3 Å². The number of amidine groups is 1. The van der Waals surface area contributed by atoms with Crippen molar-refractivity contribution in [2.45, 2.75) is 6.92 Å². The molecule has 2 heterocycles. The molecule has 0 amide bonds. The molecule has 2 aromatic rings. The van der Waals surface area contributed by atoms with Gasteiger partial charge in [0.2, 0.25) is 0 Å². The van der Waals surface area contributed by atoms with Crippen molar-refractivity contribution in [1.29, 1.82) is 0 Å². The van der Waals surface area contributed by atoms with Crippen LogP contribution in [0.4, 0.5) is 5.69 Å². The number of nitrogens with one attached hydrogen (secondary N) is 1. The second-order valence-corrected chi connectivity index (χ2v) is 6.32. The first kappa shape index (κ1) is 14.5. The van der Waals surface area contributed by atoms with Crippen molar-refractivity contribution in [2.24, 2.45) is 4.99 Å². The van der Waals surface area contributed by atoms with Crippen LogP contribution < -0.4 is 10.1 Å². The van der Waals surface area contributed by atoms with Crippen molar-refractivity contribution in [3.05, 3.63) is 52.5 Å². The Morgan fingerprint density at radius 2 is 1.87 bits per heavy atom. The van der Waals surface area contributed by atoms with Gasteiger partial charge in [0.05, 0.1) is 5.56 Å². The molecule has 1 N–H and O–H groups in total. The maximum absolute atomic E-state index is 6.23. The predicted molar refractivity (Wildman–Crippen MR) is 93.3 cm³/mol. The SMILES string of the molecule is Cc1ccc2c(c1)N=C(N1CCNCC1)c1cc(Cl)ccc1O2. The third-order valence-electron chi connectivity index (χ3n) is 4.16. The minimum Gasteiger partial charge on any atom is -0.454 e. The molecule has 0 saturated carbocycles. The molecule has 4 nitrogen and oxygen atoms in total. The number of halogens is 1. The van der Waals surface area contributed by atoms with Gasteiger partial charge in [-0.25, -0.2) is 4.99 Å². The number of aliphatic imine (C=N–C) groups is 1. The fourth-order valence-electron chi connectivity index (χ4n) is 2.98. The third-order valence-corrected chi connectivity index (χ3v) is 4.39. The number of rotatable bonds is 0. The lowest BCUT2D eigenvalue weighted by Crippen LogP contribution is -2.46. The van der Waals surface area contributed by atoms with Gasteiger partial charge >= 0.3 is 0 Å². The lowest BCUT2D eigenvalue weighted by Gasteiger charge is -2.30. The predicted octanol–water partition coefficient (Wildman–Crippen LogP) is 3.74. The Kier molecular flexibility index (Phi) is 3.71. The molecular weight excluding hydrogens is 310 g/mol. The molecule has 2 aliphatic rings.